The van der Waals surface area contributed by atoms with Crippen LogP contribution in [-0.4, -0.2) is 30.5 Å². The van der Waals surface area contributed by atoms with Gasteiger partial charge in [-0.05, 0) is 37.5 Å². The molecule has 24 heavy (non-hydrogen) atoms. The van der Waals surface area contributed by atoms with Crippen molar-refractivity contribution in [3.05, 3.63) is 35.9 Å². The molecule has 0 saturated heterocycles. The van der Waals surface area contributed by atoms with Crippen LogP contribution in [0.15, 0.2) is 30.3 Å². The van der Waals surface area contributed by atoms with Gasteiger partial charge in [0.15, 0.2) is 0 Å². The Morgan fingerprint density at radius 2 is 1.88 bits per heavy atom. The van der Waals surface area contributed by atoms with Crippen molar-refractivity contribution in [3.8, 4) is 0 Å². The fraction of sp³-hybridized carbons (Fsp3) is 0.714. The number of hydrogen-bond donors (Lipinski definition) is 2. The summed E-state index contributed by atoms with van der Waals surface area (Å²) in [4.78, 5) is 0. The molecule has 1 aromatic rings. The molecule has 1 saturated carbocycles. The monoisotopic (exact) mass is 334 g/mol. The topological polar surface area (TPSA) is 46.1 Å². The molecule has 1 aliphatic rings. The van der Waals surface area contributed by atoms with Crippen LogP contribution in [0.2, 0.25) is 0 Å². The van der Waals surface area contributed by atoms with E-state index in [1.54, 1.807) is 0 Å². The highest BCUT2D eigenvalue weighted by atomic mass is 16.5. The minimum Gasteiger partial charge on any atom is -0.385 e. The lowest BCUT2D eigenvalue weighted by molar-refractivity contribution is -0.698. The van der Waals surface area contributed by atoms with Gasteiger partial charge in [-0.3, -0.25) is 0 Å². The van der Waals surface area contributed by atoms with Gasteiger partial charge in [0.2, 0.25) is 0 Å². The van der Waals surface area contributed by atoms with Crippen molar-refractivity contribution in [3.63, 3.8) is 0 Å². The summed E-state index contributed by atoms with van der Waals surface area (Å²) in [6.45, 7) is 10.2. The van der Waals surface area contributed by atoms with Gasteiger partial charge < -0.3 is 15.2 Å². The Bertz CT molecular complexity index is 462. The largest absolute Gasteiger partial charge is 0.385 e. The predicted molar refractivity (Wildman–Crippen MR) is 98.7 cm³/mol. The first-order valence-electron chi connectivity index (χ1n) is 9.65. The lowest BCUT2D eigenvalue weighted by Crippen LogP contribution is -2.87. The molecule has 0 aromatic heterocycles. The third-order valence-corrected chi connectivity index (χ3v) is 5.55. The van der Waals surface area contributed by atoms with Gasteiger partial charge in [0, 0.05) is 5.56 Å². The molecule has 2 rings (SSSR count). The lowest BCUT2D eigenvalue weighted by Gasteiger charge is -2.37. The molecule has 1 fully saturated rings. The minimum absolute atomic E-state index is 0.315. The highest BCUT2D eigenvalue weighted by molar-refractivity contribution is 5.16. The molecule has 3 nitrogen and oxygen atoms in total. The SMILES string of the molecule is CC(C)[C@@H]1CC[C@H](C)C[C@H]1OC[C@H](O)C[NH2+][C@@H](C)c1ccccc1. The molecule has 0 spiro atoms. The van der Waals surface area contributed by atoms with E-state index in [4.69, 9.17) is 4.74 Å². The second kappa shape index (κ2) is 9.55. The molecule has 0 radical (unpaired) electrons. The standard InChI is InChI=1S/C21H35NO2/c1-15(2)20-11-10-16(3)12-21(20)24-14-19(23)13-22-17(4)18-8-6-5-7-9-18/h5-9,15-17,19-23H,10-14H2,1-4H3/p+1/t16-,17-,19+,20-,21+/m0/s1. The number of benzene rings is 1. The Balaban J connectivity index is 1.74. The van der Waals surface area contributed by atoms with Gasteiger partial charge in [0.1, 0.15) is 18.7 Å². The molecule has 0 bridgehead atoms. The number of ether oxygens (including phenoxy) is 1. The van der Waals surface area contributed by atoms with Crippen molar-refractivity contribution in [2.24, 2.45) is 17.8 Å². The Hall–Kier alpha value is -0.900. The molecule has 5 atom stereocenters. The molecule has 1 aliphatic carbocycles. The highest BCUT2D eigenvalue weighted by Crippen LogP contribution is 2.35. The third-order valence-electron chi connectivity index (χ3n) is 5.55. The smallest absolute Gasteiger partial charge is 0.126 e. The van der Waals surface area contributed by atoms with Crippen molar-refractivity contribution < 1.29 is 15.2 Å². The third kappa shape index (κ3) is 5.87. The maximum atomic E-state index is 10.3. The summed E-state index contributed by atoms with van der Waals surface area (Å²) in [5.41, 5.74) is 1.30. The van der Waals surface area contributed by atoms with Gasteiger partial charge in [0.05, 0.1) is 12.7 Å². The maximum Gasteiger partial charge on any atom is 0.126 e. The van der Waals surface area contributed by atoms with Crippen molar-refractivity contribution in [2.45, 2.75) is 65.2 Å². The lowest BCUT2D eigenvalue weighted by atomic mass is 9.75. The molecule has 0 unspecified atom stereocenters. The first-order valence-corrected chi connectivity index (χ1v) is 9.65. The second-order valence-electron chi connectivity index (χ2n) is 8.02. The van der Waals surface area contributed by atoms with Crippen LogP contribution in [0.25, 0.3) is 0 Å². The van der Waals surface area contributed by atoms with Gasteiger partial charge >= 0.3 is 0 Å². The van der Waals surface area contributed by atoms with Crippen LogP contribution >= 0.6 is 0 Å². The summed E-state index contributed by atoms with van der Waals surface area (Å²) < 4.78 is 6.16. The predicted octanol–water partition coefficient (Wildman–Crippen LogP) is 3.15. The average Bonchev–Trinajstić information content (AvgIpc) is 2.58. The summed E-state index contributed by atoms with van der Waals surface area (Å²) in [5.74, 6) is 2.04. The number of aliphatic hydroxyl groups is 1. The highest BCUT2D eigenvalue weighted by Gasteiger charge is 2.31. The van der Waals surface area contributed by atoms with Gasteiger partial charge in [-0.25, -0.2) is 0 Å². The average molecular weight is 335 g/mol. The van der Waals surface area contributed by atoms with E-state index in [2.05, 4.69) is 57.3 Å². The van der Waals surface area contributed by atoms with E-state index in [-0.39, 0.29) is 0 Å². The van der Waals surface area contributed by atoms with E-state index >= 15 is 0 Å². The van der Waals surface area contributed by atoms with Crippen LogP contribution in [0.4, 0.5) is 0 Å². The van der Waals surface area contributed by atoms with Crippen LogP contribution in [0.3, 0.4) is 0 Å². The first kappa shape index (κ1) is 19.4. The number of rotatable bonds is 8. The Kier molecular flexibility index (Phi) is 7.73. The zero-order valence-electron chi connectivity index (χ0n) is 15.8. The molecule has 136 valence electrons. The van der Waals surface area contributed by atoms with E-state index in [9.17, 15) is 5.11 Å². The minimum atomic E-state index is -0.402. The van der Waals surface area contributed by atoms with E-state index in [1.807, 2.05) is 6.07 Å². The molecular weight excluding hydrogens is 298 g/mol. The Morgan fingerprint density at radius 3 is 2.54 bits per heavy atom. The summed E-state index contributed by atoms with van der Waals surface area (Å²) in [7, 11) is 0. The summed E-state index contributed by atoms with van der Waals surface area (Å²) in [5, 5.41) is 12.5. The molecule has 3 heteroatoms. The normalized spacial score (nSPS) is 27.2. The van der Waals surface area contributed by atoms with Crippen LogP contribution < -0.4 is 5.32 Å². The van der Waals surface area contributed by atoms with Crippen LogP contribution in [0.5, 0.6) is 0 Å². The number of nitrogens with two attached hydrogens (primary N) is 1. The second-order valence-corrected chi connectivity index (χ2v) is 8.02. The van der Waals surface area contributed by atoms with Gasteiger partial charge in [-0.15, -0.1) is 0 Å². The molecule has 0 aliphatic heterocycles. The van der Waals surface area contributed by atoms with E-state index in [1.165, 1.54) is 18.4 Å². The maximum absolute atomic E-state index is 10.3. The quantitative estimate of drug-likeness (QED) is 0.767. The molecular formula is C21H36NO2+. The summed E-state index contributed by atoms with van der Waals surface area (Å²) in [6.07, 6.45) is 3.63. The van der Waals surface area contributed by atoms with E-state index < -0.39 is 6.10 Å². The number of quaternary nitrogens is 1. The first-order chi connectivity index (χ1) is 11.5. The van der Waals surface area contributed by atoms with Gasteiger partial charge in [-0.1, -0.05) is 57.5 Å². The fourth-order valence-electron chi connectivity index (χ4n) is 3.86. The fourth-order valence-corrected chi connectivity index (χ4v) is 3.86. The summed E-state index contributed by atoms with van der Waals surface area (Å²) in [6, 6.07) is 10.8. The van der Waals surface area contributed by atoms with Gasteiger partial charge in [-0.2, -0.15) is 0 Å². The zero-order chi connectivity index (χ0) is 17.5. The Labute approximate surface area is 147 Å². The van der Waals surface area contributed by atoms with Gasteiger partial charge in [0.25, 0.3) is 0 Å². The van der Waals surface area contributed by atoms with Crippen LogP contribution in [0.1, 0.15) is 58.6 Å². The van der Waals surface area contributed by atoms with Crippen LogP contribution in [-0.2, 0) is 4.74 Å². The van der Waals surface area contributed by atoms with E-state index in [0.717, 1.165) is 12.3 Å². The zero-order valence-corrected chi connectivity index (χ0v) is 15.8. The molecule has 0 amide bonds. The molecule has 3 N–H and O–H groups in total. The Morgan fingerprint density at radius 1 is 1.17 bits per heavy atom. The molecule has 1 aromatic carbocycles. The summed E-state index contributed by atoms with van der Waals surface area (Å²) >= 11 is 0. The van der Waals surface area contributed by atoms with Crippen molar-refractivity contribution in [2.75, 3.05) is 13.2 Å². The number of hydrogen-bond acceptors (Lipinski definition) is 2. The van der Waals surface area contributed by atoms with E-state index in [0.29, 0.717) is 37.1 Å². The number of aliphatic hydroxyl groups excluding tert-OH is 1. The van der Waals surface area contributed by atoms with Crippen molar-refractivity contribution in [1.29, 1.82) is 0 Å². The van der Waals surface area contributed by atoms with Crippen molar-refractivity contribution in [1.82, 2.24) is 0 Å². The van der Waals surface area contributed by atoms with Crippen molar-refractivity contribution >= 4 is 0 Å². The molecule has 0 heterocycles. The van der Waals surface area contributed by atoms with Crippen LogP contribution in [0, 0.1) is 17.8 Å².